The number of carbonyl (C=O) groups is 1. The Hall–Kier alpha value is -1.60. The molecular weight excluding hydrogens is 448 g/mol. The van der Waals surface area contributed by atoms with Crippen LogP contribution in [0.2, 0.25) is 5.02 Å². The maximum Gasteiger partial charge on any atom is 0.266 e. The van der Waals surface area contributed by atoms with Crippen LogP contribution in [0, 0.1) is 11.8 Å². The Bertz CT molecular complexity index is 1050. The van der Waals surface area contributed by atoms with Gasteiger partial charge in [-0.15, -0.1) is 0 Å². The summed E-state index contributed by atoms with van der Waals surface area (Å²) in [5, 5.41) is 0.683. The highest BCUT2D eigenvalue weighted by Gasteiger charge is 2.48. The van der Waals surface area contributed by atoms with Crippen LogP contribution < -0.4 is 5.73 Å². The molecule has 1 aromatic heterocycles. The summed E-state index contributed by atoms with van der Waals surface area (Å²) in [5.41, 5.74) is 7.75. The van der Waals surface area contributed by atoms with E-state index < -0.39 is 0 Å². The van der Waals surface area contributed by atoms with Crippen LogP contribution >= 0.6 is 35.6 Å². The predicted molar refractivity (Wildman–Crippen MR) is 131 cm³/mol. The lowest BCUT2D eigenvalue weighted by Gasteiger charge is -2.30. The molecule has 2 saturated carbocycles. The number of carbonyl (C=O) groups excluding carboxylic acids is 1. The van der Waals surface area contributed by atoms with Gasteiger partial charge in [0.1, 0.15) is 15.8 Å². The van der Waals surface area contributed by atoms with Crippen molar-refractivity contribution in [2.75, 3.05) is 6.54 Å². The number of nitrogens with two attached hydrogens (primary N) is 1. The number of furan rings is 1. The molecule has 1 aromatic carbocycles. The largest absolute Gasteiger partial charge is 0.456 e. The van der Waals surface area contributed by atoms with E-state index in [1.54, 1.807) is 0 Å². The second-order valence-corrected chi connectivity index (χ2v) is 10.8. The average molecular weight is 473 g/mol. The lowest BCUT2D eigenvalue weighted by atomic mass is 9.94. The zero-order valence-electron chi connectivity index (χ0n) is 17.2. The topological polar surface area (TPSA) is 59.5 Å². The predicted octanol–water partition coefficient (Wildman–Crippen LogP) is 5.88. The molecule has 2 N–H and O–H groups in total. The third-order valence-corrected chi connectivity index (χ3v) is 8.32. The highest BCUT2D eigenvalue weighted by molar-refractivity contribution is 8.26. The molecule has 0 radical (unpaired) electrons. The van der Waals surface area contributed by atoms with Crippen molar-refractivity contribution < 1.29 is 9.21 Å². The first-order valence-electron chi connectivity index (χ1n) is 10.9. The van der Waals surface area contributed by atoms with Gasteiger partial charge in [-0.2, -0.15) is 0 Å². The van der Waals surface area contributed by atoms with Crippen LogP contribution in [-0.2, 0) is 11.2 Å². The lowest BCUT2D eigenvalue weighted by Crippen LogP contribution is -2.41. The number of thioether (sulfide) groups is 1. The number of rotatable bonds is 6. The molecule has 0 spiro atoms. The molecule has 2 heterocycles. The first kappa shape index (κ1) is 21.3. The standard InChI is InChI=1S/C24H25ClN2O2S2/c25-18-7-5-15(6-8-18)20-12-17(2-1-9-26)21(29-20)13-22-23(28)27(24(30)31-22)19-11-14-3-4-16(19)10-14/h5-8,12-14,16,19H,1-4,9-11,26H2/b22-13+. The Balaban J connectivity index is 1.44. The minimum Gasteiger partial charge on any atom is -0.456 e. The summed E-state index contributed by atoms with van der Waals surface area (Å²) in [6.45, 7) is 0.604. The molecule has 7 heteroatoms. The van der Waals surface area contributed by atoms with Gasteiger partial charge >= 0.3 is 0 Å². The molecule has 5 rings (SSSR count). The van der Waals surface area contributed by atoms with Crippen molar-refractivity contribution >= 4 is 51.9 Å². The first-order chi connectivity index (χ1) is 15.0. The minimum atomic E-state index is 0.0294. The van der Waals surface area contributed by atoms with E-state index in [0.717, 1.165) is 42.1 Å². The number of benzene rings is 1. The second kappa shape index (κ2) is 8.74. The summed E-state index contributed by atoms with van der Waals surface area (Å²) in [5.74, 6) is 2.87. The lowest BCUT2D eigenvalue weighted by molar-refractivity contribution is -0.124. The molecule has 1 saturated heterocycles. The zero-order chi connectivity index (χ0) is 21.5. The number of nitrogens with zero attached hydrogens (tertiary/aromatic N) is 1. The van der Waals surface area contributed by atoms with E-state index in [4.69, 9.17) is 34.0 Å². The summed E-state index contributed by atoms with van der Waals surface area (Å²) < 4.78 is 6.89. The summed E-state index contributed by atoms with van der Waals surface area (Å²) in [7, 11) is 0. The molecule has 2 bridgehead atoms. The molecule has 4 nitrogen and oxygen atoms in total. The van der Waals surface area contributed by atoms with Crippen molar-refractivity contribution in [2.24, 2.45) is 17.6 Å². The van der Waals surface area contributed by atoms with Gasteiger partial charge in [-0.25, -0.2) is 0 Å². The molecule has 2 aliphatic carbocycles. The van der Waals surface area contributed by atoms with Gasteiger partial charge in [0.25, 0.3) is 5.91 Å². The minimum absolute atomic E-state index is 0.0294. The van der Waals surface area contributed by atoms with E-state index >= 15 is 0 Å². The Labute approximate surface area is 197 Å². The molecule has 3 fully saturated rings. The van der Waals surface area contributed by atoms with E-state index in [-0.39, 0.29) is 11.9 Å². The molecule has 3 unspecified atom stereocenters. The van der Waals surface area contributed by atoms with Crippen LogP contribution in [0.4, 0.5) is 0 Å². The van der Waals surface area contributed by atoms with Crippen molar-refractivity contribution in [1.29, 1.82) is 0 Å². The van der Waals surface area contributed by atoms with Crippen molar-refractivity contribution in [3.8, 4) is 11.3 Å². The quantitative estimate of drug-likeness (QED) is 0.420. The van der Waals surface area contributed by atoms with Crippen LogP contribution in [0.1, 0.15) is 43.4 Å². The molecule has 31 heavy (non-hydrogen) atoms. The zero-order valence-corrected chi connectivity index (χ0v) is 19.6. The van der Waals surface area contributed by atoms with E-state index in [9.17, 15) is 4.79 Å². The van der Waals surface area contributed by atoms with Gasteiger partial charge in [-0.05, 0) is 86.4 Å². The van der Waals surface area contributed by atoms with Gasteiger partial charge in [0.2, 0.25) is 0 Å². The normalized spacial score (nSPS) is 26.6. The second-order valence-electron chi connectivity index (χ2n) is 8.69. The molecule has 3 aliphatic rings. The molecule has 3 atom stereocenters. The number of aryl methyl sites for hydroxylation is 1. The summed E-state index contributed by atoms with van der Waals surface area (Å²) >= 11 is 13.1. The third kappa shape index (κ3) is 4.11. The summed E-state index contributed by atoms with van der Waals surface area (Å²) in [6, 6.07) is 9.88. The number of hydrogen-bond acceptors (Lipinski definition) is 5. The van der Waals surface area contributed by atoms with Crippen LogP contribution in [0.15, 0.2) is 39.7 Å². The molecular formula is C24H25ClN2O2S2. The van der Waals surface area contributed by atoms with Crippen LogP contribution in [0.25, 0.3) is 17.4 Å². The van der Waals surface area contributed by atoms with Crippen molar-refractivity contribution in [3.05, 3.63) is 51.6 Å². The molecule has 162 valence electrons. The Kier molecular flexibility index (Phi) is 5.99. The number of fused-ring (bicyclic) bond motifs is 2. The van der Waals surface area contributed by atoms with Gasteiger partial charge in [0.05, 0.1) is 4.91 Å². The van der Waals surface area contributed by atoms with E-state index in [1.807, 2.05) is 41.3 Å². The summed E-state index contributed by atoms with van der Waals surface area (Å²) in [6.07, 6.45) is 8.38. The Morgan fingerprint density at radius 2 is 2.06 bits per heavy atom. The fourth-order valence-corrected chi connectivity index (χ4v) is 6.69. The van der Waals surface area contributed by atoms with Crippen molar-refractivity contribution in [3.63, 3.8) is 0 Å². The number of thiocarbonyl (C=S) groups is 1. The third-order valence-electron chi connectivity index (χ3n) is 6.74. The van der Waals surface area contributed by atoms with Gasteiger partial charge in [-0.3, -0.25) is 9.69 Å². The molecule has 1 aliphatic heterocycles. The molecule has 2 aromatic rings. The number of halogens is 1. The average Bonchev–Trinajstić information content (AvgIpc) is 3.52. The van der Waals surface area contributed by atoms with Gasteiger partial charge < -0.3 is 10.2 Å². The summed E-state index contributed by atoms with van der Waals surface area (Å²) in [4.78, 5) is 15.8. The van der Waals surface area contributed by atoms with Gasteiger partial charge in [0, 0.05) is 22.7 Å². The SMILES string of the molecule is NCCCc1cc(-c2ccc(Cl)cc2)oc1/C=C1/SC(=S)N(C2CC3CCC2C3)C1=O. The fourth-order valence-electron chi connectivity index (χ4n) is 5.22. The van der Waals surface area contributed by atoms with E-state index in [2.05, 4.69) is 0 Å². The smallest absolute Gasteiger partial charge is 0.266 e. The Morgan fingerprint density at radius 1 is 1.26 bits per heavy atom. The number of hydrogen-bond donors (Lipinski definition) is 1. The maximum atomic E-state index is 13.3. The van der Waals surface area contributed by atoms with Gasteiger partial charge in [0.15, 0.2) is 0 Å². The van der Waals surface area contributed by atoms with Crippen LogP contribution in [0.3, 0.4) is 0 Å². The van der Waals surface area contributed by atoms with E-state index in [1.165, 1.54) is 31.0 Å². The first-order valence-corrected chi connectivity index (χ1v) is 12.5. The van der Waals surface area contributed by atoms with Crippen molar-refractivity contribution in [1.82, 2.24) is 4.90 Å². The van der Waals surface area contributed by atoms with Crippen molar-refractivity contribution in [2.45, 2.75) is 44.6 Å². The van der Waals surface area contributed by atoms with E-state index in [0.29, 0.717) is 32.5 Å². The monoisotopic (exact) mass is 472 g/mol. The molecule has 1 amide bonds. The Morgan fingerprint density at radius 3 is 2.74 bits per heavy atom. The maximum absolute atomic E-state index is 13.3. The fraction of sp³-hybridized carbons (Fsp3) is 0.417. The van der Waals surface area contributed by atoms with Gasteiger partial charge in [-0.1, -0.05) is 42.0 Å². The van der Waals surface area contributed by atoms with Crippen LogP contribution in [0.5, 0.6) is 0 Å². The highest BCUT2D eigenvalue weighted by atomic mass is 35.5. The number of amides is 1. The van der Waals surface area contributed by atoms with Crippen LogP contribution in [-0.4, -0.2) is 27.7 Å². The highest BCUT2D eigenvalue weighted by Crippen LogP contribution is 2.49.